The molecule has 700 valence electrons. The van der Waals surface area contributed by atoms with Crippen LogP contribution < -0.4 is 9.46 Å². The van der Waals surface area contributed by atoms with Crippen molar-refractivity contribution in [1.82, 2.24) is 10.0 Å². The maximum Gasteiger partial charge on any atom is 0.340 e. The number of aromatic amines is 1. The SMILES string of the molecule is CC(=O)c1ccc(C)c(Oc2ccccc2)c1.CC1(C)OC(=O)C(c2cccc(F)c2)=C1c1ccc(S(C)(=O)=O)cc1.CCc1cccc2c3c([nH]c12)C(C)(CC(=O)O)OCC3.CN1OCC/C(=C\c2cc(C(C)(C)C)c(O)c(C(C)(C)C)c2)C1=O.CS(=O)(=O)Nc1cc2c(cc1Cc1ccc(F)cc1F)C(=O)CC2.CS(=O)(=O)c1ccc(C2C=C(Br)SC2c2ccc(F)cc2)cc1. The maximum atomic E-state index is 13.9. The number of hydrogen-bond donors (Lipinski definition) is 4. The first-order valence-electron chi connectivity index (χ1n) is 42.9. The number of rotatable bonds is 17. The highest BCUT2D eigenvalue weighted by molar-refractivity contribution is 9.14. The van der Waals surface area contributed by atoms with Gasteiger partial charge in [-0.05, 0) is 245 Å². The number of aromatic hydroxyl groups is 1. The summed E-state index contributed by atoms with van der Waals surface area (Å²) in [6.45, 7) is 24.6. The minimum absolute atomic E-state index is 0.0169. The molecule has 3 unspecified atom stereocenters. The van der Waals surface area contributed by atoms with E-state index in [0.717, 1.165) is 109 Å². The van der Waals surface area contributed by atoms with E-state index in [9.17, 15) is 71.9 Å². The second kappa shape index (κ2) is 41.9. The number of amides is 1. The number of sulfone groups is 2. The Kier molecular flexibility index (Phi) is 32.1. The van der Waals surface area contributed by atoms with Crippen LogP contribution in [0.5, 0.6) is 17.2 Å². The number of aryl methyl sites for hydroxylation is 3. The average molecular weight is 1960 g/mol. The number of carbonyl (C=O) groups is 5. The van der Waals surface area contributed by atoms with E-state index in [0.29, 0.717) is 82.2 Å². The number of carboxylic acids is 1. The molecule has 1 aromatic heterocycles. The number of H-pyrrole nitrogens is 1. The molecule has 1 saturated heterocycles. The number of phenolic OH excluding ortho intramolecular Hbond substituents is 1. The molecule has 133 heavy (non-hydrogen) atoms. The van der Waals surface area contributed by atoms with Crippen LogP contribution in [0.1, 0.15) is 205 Å². The van der Waals surface area contributed by atoms with E-state index in [1.807, 2.05) is 86.7 Å². The minimum atomic E-state index is -3.53. The summed E-state index contributed by atoms with van der Waals surface area (Å²) in [5.41, 5.74) is 14.0. The summed E-state index contributed by atoms with van der Waals surface area (Å²) in [5, 5.41) is 22.5. The van der Waals surface area contributed by atoms with Crippen LogP contribution in [0.2, 0.25) is 0 Å². The van der Waals surface area contributed by atoms with Crippen LogP contribution in [0.25, 0.3) is 28.1 Å². The van der Waals surface area contributed by atoms with Gasteiger partial charge in [0.05, 0.1) is 52.6 Å². The van der Waals surface area contributed by atoms with Crippen molar-refractivity contribution < 1.29 is 96.0 Å². The molecule has 0 saturated carbocycles. The van der Waals surface area contributed by atoms with Crippen LogP contribution in [0.4, 0.5) is 23.2 Å². The molecule has 10 aromatic carbocycles. The first-order chi connectivity index (χ1) is 62.3. The van der Waals surface area contributed by atoms with E-state index >= 15 is 0 Å². The number of aliphatic carboxylic acids is 1. The minimum Gasteiger partial charge on any atom is -0.507 e. The van der Waals surface area contributed by atoms with Gasteiger partial charge in [0.1, 0.15) is 51.7 Å². The fraction of sp³-hybridized carbons (Fsp3) is 0.298. The molecular formula is C104H108BrF4N3O17S4. The van der Waals surface area contributed by atoms with Crippen LogP contribution in [0.15, 0.2) is 232 Å². The number of nitrogens with zero attached hydrogens (tertiary/aromatic N) is 1. The monoisotopic (exact) mass is 1950 g/mol. The number of carbonyl (C=O) groups excluding carboxylic acids is 4. The van der Waals surface area contributed by atoms with Gasteiger partial charge >= 0.3 is 11.9 Å². The van der Waals surface area contributed by atoms with Crippen molar-refractivity contribution in [2.75, 3.05) is 43.8 Å². The van der Waals surface area contributed by atoms with Gasteiger partial charge in [-0.3, -0.25) is 28.7 Å². The van der Waals surface area contributed by atoms with Gasteiger partial charge in [0.25, 0.3) is 5.91 Å². The summed E-state index contributed by atoms with van der Waals surface area (Å²) in [6.07, 6.45) is 10.7. The third kappa shape index (κ3) is 25.9. The largest absolute Gasteiger partial charge is 0.507 e. The standard InChI is InChI=1S/C20H29NO3.C19H17FO4S.C17H14BrFO2S2.C17H15F2NO3S.C16H19NO3.C15H14O2/c1-19(2,3)15-11-13(12-16(17(15)22)20(4,5)6)10-14-8-9-24-21(7)18(14)23;1-19(2)17(12-7-9-15(10-8-12)25(3,22)23)16(18(21)24-19)13-5-4-6-14(20)11-13;1-23(20,21)14-8-4-11(5-9-14)15-10-16(18)22-17(15)12-2-6-13(19)7-3-12;1-24(22,23)20-16-8-10-3-5-17(21)14(10)7-12(16)6-11-2-4-13(18)9-15(11)19;1-3-10-5-4-6-11-12-7-8-20-16(2,9-13(18)19)15(12)17-14(10)11;1-11-8-9-13(12(2)16)10-15(11)17-14-6-4-3-5-7-14/h10-12,22H,8-9H2,1-7H3;4-11H,1-3H3;2-10,15,17H,1H3;2,4,7-9,20H,3,5-6H2,1H3;4-6,17H,3,7-9H2,1-2H3,(H,18,19);3-10H,1-2H3/b14-10+;;;;;. The number of Topliss-reactive ketones (excluding diaryl/α,β-unsaturated/α-hetero) is 2. The topological polar surface area (TPSA) is 296 Å². The predicted molar refractivity (Wildman–Crippen MR) is 517 cm³/mol. The van der Waals surface area contributed by atoms with Crippen molar-refractivity contribution in [3.63, 3.8) is 0 Å². The number of ether oxygens (including phenoxy) is 3. The fourth-order valence-electron chi connectivity index (χ4n) is 16.1. The molecule has 29 heteroatoms. The molecule has 0 bridgehead atoms. The molecule has 16 rings (SSSR count). The molecule has 1 fully saturated rings. The van der Waals surface area contributed by atoms with E-state index in [4.69, 9.17) is 24.2 Å². The van der Waals surface area contributed by atoms with Gasteiger partial charge in [-0.2, -0.15) is 0 Å². The Morgan fingerprint density at radius 1 is 0.669 bits per heavy atom. The lowest BCUT2D eigenvalue weighted by Crippen LogP contribution is -2.34. The Hall–Kier alpha value is -11.6. The van der Waals surface area contributed by atoms with Gasteiger partial charge in [-0.1, -0.05) is 158 Å². The third-order valence-corrected chi connectivity index (χ3v) is 27.7. The number of para-hydroxylation sites is 2. The lowest BCUT2D eigenvalue weighted by molar-refractivity contribution is -0.180. The quantitative estimate of drug-likeness (QED) is 0.0285. The van der Waals surface area contributed by atoms with Gasteiger partial charge < -0.3 is 29.4 Å². The molecule has 0 radical (unpaired) electrons. The third-order valence-electron chi connectivity index (χ3n) is 22.9. The number of phenols is 1. The number of allylic oxidation sites excluding steroid dienone is 1. The zero-order chi connectivity index (χ0) is 97.4. The number of ketones is 2. The Balaban J connectivity index is 0.000000154. The second-order valence-corrected chi connectivity index (χ2v) is 44.1. The van der Waals surface area contributed by atoms with E-state index < -0.39 is 70.3 Å². The smallest absolute Gasteiger partial charge is 0.340 e. The lowest BCUT2D eigenvalue weighted by atomic mass is 9.78. The number of fused-ring (bicyclic) bond motifs is 4. The number of aromatic nitrogens is 1. The molecule has 5 aliphatic rings. The summed E-state index contributed by atoms with van der Waals surface area (Å²) >= 11 is 5.20. The zero-order valence-corrected chi connectivity index (χ0v) is 81.6. The molecular weight excluding hydrogens is 1850 g/mol. The molecule has 4 N–H and O–H groups in total. The van der Waals surface area contributed by atoms with Crippen LogP contribution in [-0.4, -0.2) is 120 Å². The second-order valence-electron chi connectivity index (χ2n) is 35.8. The fourth-order valence-corrected chi connectivity index (χ4v) is 20.0. The van der Waals surface area contributed by atoms with E-state index in [1.165, 1.54) is 76.4 Å². The van der Waals surface area contributed by atoms with Crippen LogP contribution >= 0.6 is 27.7 Å². The number of thioether (sulfide) groups is 1. The molecule has 3 atom stereocenters. The Morgan fingerprint density at radius 3 is 1.86 bits per heavy atom. The van der Waals surface area contributed by atoms with Crippen molar-refractivity contribution in [1.29, 1.82) is 0 Å². The lowest BCUT2D eigenvalue weighted by Gasteiger charge is -2.32. The number of sulfonamides is 1. The van der Waals surface area contributed by atoms with Gasteiger partial charge in [0.2, 0.25) is 10.0 Å². The molecule has 0 spiro atoms. The van der Waals surface area contributed by atoms with Crippen molar-refractivity contribution >= 4 is 121 Å². The number of likely N-dealkylation sites (N-methyl/N-ethyl adjacent to an activating group) is 1. The number of carboxylic acid groups (broad SMARTS) is 1. The molecule has 1 aliphatic carbocycles. The van der Waals surface area contributed by atoms with Crippen molar-refractivity contribution in [3.8, 4) is 17.2 Å². The highest BCUT2D eigenvalue weighted by atomic mass is 79.9. The number of anilines is 1. The summed E-state index contributed by atoms with van der Waals surface area (Å²) < 4.78 is 144. The number of hydrogen-bond acceptors (Lipinski definition) is 17. The number of benzene rings is 10. The first kappa shape index (κ1) is 102. The Labute approximate surface area is 787 Å². The normalized spacial score (nSPS) is 17.2. The molecule has 5 heterocycles. The summed E-state index contributed by atoms with van der Waals surface area (Å²) in [5.74, 6) is -1.59. The zero-order valence-electron chi connectivity index (χ0n) is 76.8. The number of nitrogens with one attached hydrogen (secondary N) is 2. The average Bonchev–Trinajstić information content (AvgIpc) is 1.61. The number of cyclic esters (lactones) is 1. The Bertz CT molecular complexity index is 6690. The molecule has 4 aliphatic heterocycles. The number of esters is 1. The summed E-state index contributed by atoms with van der Waals surface area (Å²) in [4.78, 5) is 68.2. The predicted octanol–water partition coefficient (Wildman–Crippen LogP) is 22.7. The van der Waals surface area contributed by atoms with Crippen molar-refractivity contribution in [2.45, 2.75) is 171 Å². The number of hydroxylamine groups is 2. The van der Waals surface area contributed by atoms with Gasteiger partial charge in [0.15, 0.2) is 31.2 Å². The van der Waals surface area contributed by atoms with Crippen LogP contribution in [0, 0.1) is 30.2 Å². The van der Waals surface area contributed by atoms with E-state index in [-0.39, 0.29) is 74.2 Å². The summed E-state index contributed by atoms with van der Waals surface area (Å²) in [7, 11) is -8.41. The van der Waals surface area contributed by atoms with Crippen LogP contribution in [-0.2, 0) is 101 Å². The maximum absolute atomic E-state index is 13.9. The Morgan fingerprint density at radius 2 is 1.28 bits per heavy atom. The highest BCUT2D eigenvalue weighted by Crippen LogP contribution is 2.54. The highest BCUT2D eigenvalue weighted by Gasteiger charge is 2.43. The number of halogens is 5. The molecule has 11 aromatic rings. The van der Waals surface area contributed by atoms with E-state index in [2.05, 4.69) is 98.4 Å². The summed E-state index contributed by atoms with van der Waals surface area (Å²) in [6, 6.07) is 57.2. The van der Waals surface area contributed by atoms with Gasteiger partial charge in [0, 0.05) is 104 Å². The van der Waals surface area contributed by atoms with Gasteiger partial charge in [-0.25, -0.2) is 52.7 Å². The molecule has 1 amide bonds. The van der Waals surface area contributed by atoms with E-state index in [1.54, 1.807) is 100 Å². The first-order valence-corrected chi connectivity index (χ1v) is 50.2. The molecule has 20 nitrogen and oxygen atoms in total. The van der Waals surface area contributed by atoms with Crippen LogP contribution in [0.3, 0.4) is 0 Å². The van der Waals surface area contributed by atoms with Crippen molar-refractivity contribution in [3.05, 3.63) is 334 Å². The van der Waals surface area contributed by atoms with Crippen molar-refractivity contribution in [2.24, 2.45) is 0 Å². The van der Waals surface area contributed by atoms with Gasteiger partial charge in [-0.15, -0.1) is 11.8 Å².